The van der Waals surface area contributed by atoms with Gasteiger partial charge < -0.3 is 4.90 Å². The Morgan fingerprint density at radius 3 is 2.18 bits per heavy atom. The molecule has 2 atom stereocenters. The van der Waals surface area contributed by atoms with Crippen molar-refractivity contribution in [2.75, 3.05) is 20.1 Å². The van der Waals surface area contributed by atoms with Crippen LogP contribution >= 0.6 is 34.8 Å². The van der Waals surface area contributed by atoms with Gasteiger partial charge in [-0.3, -0.25) is 9.69 Å². The van der Waals surface area contributed by atoms with E-state index in [0.29, 0.717) is 16.1 Å². The van der Waals surface area contributed by atoms with Crippen LogP contribution in [0.3, 0.4) is 0 Å². The molecule has 1 saturated heterocycles. The molecule has 1 aliphatic heterocycles. The van der Waals surface area contributed by atoms with Gasteiger partial charge in [-0.2, -0.15) is 0 Å². The van der Waals surface area contributed by atoms with Gasteiger partial charge in [0.15, 0.2) is 0 Å². The smallest absolute Gasteiger partial charge is 0.219 e. The Morgan fingerprint density at radius 1 is 1.04 bits per heavy atom. The molecule has 2 unspecified atom stereocenters. The summed E-state index contributed by atoms with van der Waals surface area (Å²) in [7, 11) is 1.92. The van der Waals surface area contributed by atoms with Gasteiger partial charge in [0, 0.05) is 25.0 Å². The normalized spacial score (nSPS) is 21.0. The van der Waals surface area contributed by atoms with E-state index in [2.05, 4.69) is 17.0 Å². The summed E-state index contributed by atoms with van der Waals surface area (Å²) >= 11 is 17.3. The van der Waals surface area contributed by atoms with Crippen LogP contribution in [0.5, 0.6) is 0 Å². The second kappa shape index (κ2) is 9.49. The van der Waals surface area contributed by atoms with E-state index in [-0.39, 0.29) is 11.9 Å². The molecule has 2 aromatic rings. The highest BCUT2D eigenvalue weighted by Crippen LogP contribution is 2.40. The van der Waals surface area contributed by atoms with Crippen LogP contribution in [0.4, 0.5) is 0 Å². The van der Waals surface area contributed by atoms with Crippen LogP contribution in [0.1, 0.15) is 36.9 Å². The van der Waals surface area contributed by atoms with Gasteiger partial charge in [0.25, 0.3) is 0 Å². The molecule has 0 aromatic heterocycles. The molecule has 0 N–H and O–H groups in total. The fourth-order valence-electron chi connectivity index (χ4n) is 4.09. The minimum atomic E-state index is 0.127. The summed E-state index contributed by atoms with van der Waals surface area (Å²) in [6.07, 6.45) is 3.53. The van der Waals surface area contributed by atoms with Gasteiger partial charge in [0.1, 0.15) is 0 Å². The number of hydrogen-bond acceptors (Lipinski definition) is 2. The van der Waals surface area contributed by atoms with E-state index in [0.717, 1.165) is 24.5 Å². The maximum Gasteiger partial charge on any atom is 0.219 e. The molecule has 3 nitrogen and oxygen atoms in total. The number of amides is 1. The number of likely N-dealkylation sites (tertiary alicyclic amines) is 1. The van der Waals surface area contributed by atoms with Gasteiger partial charge in [-0.15, -0.1) is 0 Å². The second-order valence-corrected chi connectivity index (χ2v) is 8.60. The molecule has 2 aromatic carbocycles. The van der Waals surface area contributed by atoms with E-state index in [4.69, 9.17) is 34.8 Å². The van der Waals surface area contributed by atoms with Crippen LogP contribution in [-0.2, 0) is 11.2 Å². The maximum absolute atomic E-state index is 11.8. The number of rotatable bonds is 2. The number of benzene rings is 2. The molecule has 0 bridgehead atoms. The van der Waals surface area contributed by atoms with E-state index in [1.54, 1.807) is 19.1 Å². The molecular weight excluding hydrogens is 415 g/mol. The van der Waals surface area contributed by atoms with E-state index in [1.807, 2.05) is 30.1 Å². The predicted molar refractivity (Wildman–Crippen MR) is 117 cm³/mol. The third kappa shape index (κ3) is 4.83. The monoisotopic (exact) mass is 438 g/mol. The lowest BCUT2D eigenvalue weighted by Gasteiger charge is -2.35. The maximum atomic E-state index is 11.8. The molecule has 2 aliphatic rings. The first-order valence-electron chi connectivity index (χ1n) is 9.54. The summed E-state index contributed by atoms with van der Waals surface area (Å²) in [5.74, 6) is 0.127. The molecule has 1 amide bonds. The van der Waals surface area contributed by atoms with Crippen molar-refractivity contribution >= 4 is 40.7 Å². The number of hydrogen-bond donors (Lipinski definition) is 0. The summed E-state index contributed by atoms with van der Waals surface area (Å²) < 4.78 is 0. The number of likely N-dealkylation sites (N-methyl/N-ethyl adjacent to an activating group) is 1. The van der Waals surface area contributed by atoms with Crippen molar-refractivity contribution in [3.63, 3.8) is 0 Å². The summed E-state index contributed by atoms with van der Waals surface area (Å²) in [6, 6.07) is 13.9. The lowest BCUT2D eigenvalue weighted by Crippen LogP contribution is -2.43. The largest absolute Gasteiger partial charge is 0.337 e. The minimum absolute atomic E-state index is 0.127. The Balaban J connectivity index is 0.000000236. The average molecular weight is 440 g/mol. The number of carbonyl (C=O) groups excluding carboxylic acids is 1. The molecule has 6 heteroatoms. The summed E-state index contributed by atoms with van der Waals surface area (Å²) in [6.45, 7) is 3.94. The Bertz CT molecular complexity index is 815. The van der Waals surface area contributed by atoms with E-state index in [1.165, 1.54) is 24.0 Å². The van der Waals surface area contributed by atoms with Crippen LogP contribution in [0.15, 0.2) is 42.5 Å². The zero-order chi connectivity index (χ0) is 20.3. The van der Waals surface area contributed by atoms with Crippen LogP contribution in [0, 0.1) is 0 Å². The van der Waals surface area contributed by atoms with Gasteiger partial charge in [0.05, 0.1) is 16.1 Å². The summed E-state index contributed by atoms with van der Waals surface area (Å²) in [4.78, 5) is 16.3. The molecule has 0 radical (unpaired) electrons. The number of halogens is 3. The fourth-order valence-corrected chi connectivity index (χ4v) is 4.55. The van der Waals surface area contributed by atoms with Crippen molar-refractivity contribution in [2.45, 2.75) is 38.3 Å². The SMILES string of the molecule is CC(=O)N(C)C1c2ccc(Cl)cc2CC1N1CCCC1.Clc1ccccc1Cl. The first-order chi connectivity index (χ1) is 13.4. The van der Waals surface area contributed by atoms with Crippen molar-refractivity contribution in [1.82, 2.24) is 9.80 Å². The highest BCUT2D eigenvalue weighted by atomic mass is 35.5. The van der Waals surface area contributed by atoms with Gasteiger partial charge >= 0.3 is 0 Å². The number of carbonyl (C=O) groups is 1. The third-order valence-corrected chi connectivity index (χ3v) is 6.56. The van der Waals surface area contributed by atoms with E-state index in [9.17, 15) is 4.79 Å². The van der Waals surface area contributed by atoms with Crippen LogP contribution in [0.25, 0.3) is 0 Å². The number of nitrogens with zero attached hydrogens (tertiary/aromatic N) is 2. The van der Waals surface area contributed by atoms with Gasteiger partial charge in [-0.1, -0.05) is 53.0 Å². The average Bonchev–Trinajstić information content (AvgIpc) is 3.31. The first-order valence-corrected chi connectivity index (χ1v) is 10.7. The fraction of sp³-hybridized carbons (Fsp3) is 0.409. The van der Waals surface area contributed by atoms with Crippen LogP contribution in [-0.4, -0.2) is 41.9 Å². The Labute approximate surface area is 182 Å². The molecule has 1 fully saturated rings. The molecule has 0 spiro atoms. The molecule has 1 aliphatic carbocycles. The van der Waals surface area contributed by atoms with Crippen molar-refractivity contribution < 1.29 is 4.79 Å². The zero-order valence-corrected chi connectivity index (χ0v) is 18.4. The second-order valence-electron chi connectivity index (χ2n) is 7.35. The standard InChI is InChI=1S/C16H21ClN2O.C6H4Cl2/c1-11(20)18(2)16-14-6-5-13(17)9-12(14)10-15(16)19-7-3-4-8-19;7-5-3-1-2-4-6(5)8/h5-6,9,15-16H,3-4,7-8,10H2,1-2H3;1-4H. The van der Waals surface area contributed by atoms with Gasteiger partial charge in [0.2, 0.25) is 5.91 Å². The minimum Gasteiger partial charge on any atom is -0.337 e. The Morgan fingerprint density at radius 2 is 1.64 bits per heavy atom. The Kier molecular flexibility index (Phi) is 7.27. The Hall–Kier alpha value is -1.26. The summed E-state index contributed by atoms with van der Waals surface area (Å²) in [5.41, 5.74) is 2.57. The highest BCUT2D eigenvalue weighted by Gasteiger charge is 2.40. The summed E-state index contributed by atoms with van der Waals surface area (Å²) in [5, 5.41) is 2.00. The van der Waals surface area contributed by atoms with Crippen molar-refractivity contribution in [1.29, 1.82) is 0 Å². The molecule has 4 rings (SSSR count). The molecule has 150 valence electrons. The van der Waals surface area contributed by atoms with E-state index < -0.39 is 0 Å². The first kappa shape index (κ1) is 21.4. The van der Waals surface area contributed by atoms with Crippen LogP contribution in [0.2, 0.25) is 15.1 Å². The number of fused-ring (bicyclic) bond motifs is 1. The third-order valence-electron chi connectivity index (χ3n) is 5.57. The van der Waals surface area contributed by atoms with Crippen LogP contribution < -0.4 is 0 Å². The van der Waals surface area contributed by atoms with E-state index >= 15 is 0 Å². The molecule has 28 heavy (non-hydrogen) atoms. The quantitative estimate of drug-likeness (QED) is 0.584. The molecule has 0 saturated carbocycles. The van der Waals surface area contributed by atoms with Crippen molar-refractivity contribution in [3.05, 3.63) is 68.7 Å². The topological polar surface area (TPSA) is 23.6 Å². The van der Waals surface area contributed by atoms with Crippen molar-refractivity contribution in [2.24, 2.45) is 0 Å². The van der Waals surface area contributed by atoms with Gasteiger partial charge in [-0.25, -0.2) is 0 Å². The zero-order valence-electron chi connectivity index (χ0n) is 16.2. The molecular formula is C22H25Cl3N2O. The predicted octanol–water partition coefficient (Wildman–Crippen LogP) is 5.87. The lowest BCUT2D eigenvalue weighted by molar-refractivity contribution is -0.130. The highest BCUT2D eigenvalue weighted by molar-refractivity contribution is 6.41. The lowest BCUT2D eigenvalue weighted by atomic mass is 10.0. The van der Waals surface area contributed by atoms with Gasteiger partial charge in [-0.05, 0) is 67.7 Å². The van der Waals surface area contributed by atoms with Crippen molar-refractivity contribution in [3.8, 4) is 0 Å². The molecule has 1 heterocycles.